The summed E-state index contributed by atoms with van der Waals surface area (Å²) in [5.41, 5.74) is 1.54. The molecule has 0 aliphatic rings. The lowest BCUT2D eigenvalue weighted by Gasteiger charge is -2.42. The third kappa shape index (κ3) is 7.94. The molecule has 0 bridgehead atoms. The van der Waals surface area contributed by atoms with Gasteiger partial charge in [0.2, 0.25) is 0 Å². The van der Waals surface area contributed by atoms with Gasteiger partial charge in [0.25, 0.3) is 0 Å². The van der Waals surface area contributed by atoms with E-state index in [1.54, 1.807) is 13.8 Å². The molecule has 0 saturated carbocycles. The molecular formula is C35H52F3NO2. The Kier molecular flexibility index (Phi) is 9.40. The number of carbonyl (C=O) groups is 1. The zero-order chi connectivity index (χ0) is 32.1. The first kappa shape index (κ1) is 34.9. The van der Waals surface area contributed by atoms with Crippen molar-refractivity contribution in [2.45, 2.75) is 136 Å². The average Bonchev–Trinajstić information content (AvgIpc) is 2.78. The van der Waals surface area contributed by atoms with Crippen LogP contribution in [0.5, 0.6) is 0 Å². The summed E-state index contributed by atoms with van der Waals surface area (Å²) in [6.07, 6.45) is -5.10. The molecule has 0 heterocycles. The molecule has 0 aliphatic heterocycles. The Hall–Kier alpha value is -2.34. The van der Waals surface area contributed by atoms with E-state index in [2.05, 4.69) is 101 Å². The topological polar surface area (TPSA) is 49.3 Å². The number of carbonyl (C=O) groups excluding carboxylic acids is 1. The van der Waals surface area contributed by atoms with Crippen LogP contribution in [0.4, 0.5) is 13.2 Å². The van der Waals surface area contributed by atoms with Gasteiger partial charge in [0, 0.05) is 0 Å². The van der Waals surface area contributed by atoms with Crippen LogP contribution in [0.25, 0.3) is 0 Å². The van der Waals surface area contributed by atoms with Gasteiger partial charge >= 0.3 is 12.1 Å². The Morgan fingerprint density at radius 2 is 0.829 bits per heavy atom. The van der Waals surface area contributed by atoms with Gasteiger partial charge in [-0.15, -0.1) is 0 Å². The molecule has 0 spiro atoms. The summed E-state index contributed by atoms with van der Waals surface area (Å²) in [6.45, 7) is 28.3. The van der Waals surface area contributed by atoms with Crippen molar-refractivity contribution >= 4 is 5.91 Å². The second kappa shape index (κ2) is 11.1. The van der Waals surface area contributed by atoms with E-state index >= 15 is 0 Å². The summed E-state index contributed by atoms with van der Waals surface area (Å²) in [4.78, 5) is 12.4. The second-order valence-corrected chi connectivity index (χ2v) is 16.1. The number of nitrogens with one attached hydrogen (secondary N) is 1. The molecule has 0 radical (unpaired) electrons. The van der Waals surface area contributed by atoms with Gasteiger partial charge < -0.3 is 10.4 Å². The maximum Gasteiger partial charge on any atom is 0.471 e. The fraction of sp³-hybridized carbons (Fsp3) is 0.629. The minimum absolute atomic E-state index is 0.302. The molecule has 0 unspecified atom stereocenters. The summed E-state index contributed by atoms with van der Waals surface area (Å²) in [5.74, 6) is -2.61. The van der Waals surface area contributed by atoms with Gasteiger partial charge in [-0.1, -0.05) is 133 Å². The summed E-state index contributed by atoms with van der Waals surface area (Å²) < 4.78 is 41.0. The molecule has 3 nitrogen and oxygen atoms in total. The van der Waals surface area contributed by atoms with E-state index in [9.17, 15) is 23.1 Å². The summed E-state index contributed by atoms with van der Waals surface area (Å²) in [7, 11) is 0. The molecular weight excluding hydrogens is 523 g/mol. The van der Waals surface area contributed by atoms with Crippen LogP contribution < -0.4 is 5.32 Å². The molecule has 0 aliphatic carbocycles. The van der Waals surface area contributed by atoms with Gasteiger partial charge in [-0.05, 0) is 61.0 Å². The average molecular weight is 576 g/mol. The van der Waals surface area contributed by atoms with Gasteiger partial charge in [-0.3, -0.25) is 4.79 Å². The Morgan fingerprint density at radius 3 is 1.02 bits per heavy atom. The fourth-order valence-electron chi connectivity index (χ4n) is 4.93. The van der Waals surface area contributed by atoms with Crippen molar-refractivity contribution in [1.82, 2.24) is 5.32 Å². The van der Waals surface area contributed by atoms with E-state index in [-0.39, 0.29) is 21.7 Å². The fourth-order valence-corrected chi connectivity index (χ4v) is 4.93. The van der Waals surface area contributed by atoms with Gasteiger partial charge in [0.05, 0.1) is 6.04 Å². The molecule has 2 rings (SSSR count). The third-order valence-corrected chi connectivity index (χ3v) is 7.87. The van der Waals surface area contributed by atoms with Crippen LogP contribution in [0.2, 0.25) is 0 Å². The molecule has 230 valence electrons. The van der Waals surface area contributed by atoms with Crippen molar-refractivity contribution in [2.75, 3.05) is 0 Å². The van der Waals surface area contributed by atoms with Crippen LogP contribution in [-0.4, -0.2) is 23.2 Å². The summed E-state index contributed by atoms with van der Waals surface area (Å²) in [5, 5.41) is 15.3. The molecule has 0 fully saturated rings. The molecule has 1 atom stereocenters. The predicted molar refractivity (Wildman–Crippen MR) is 164 cm³/mol. The Balaban J connectivity index is 3.18. The van der Waals surface area contributed by atoms with Gasteiger partial charge in [0.1, 0.15) is 5.60 Å². The van der Waals surface area contributed by atoms with Crippen LogP contribution in [0.3, 0.4) is 0 Å². The molecule has 2 N–H and O–H groups in total. The predicted octanol–water partition coefficient (Wildman–Crippen LogP) is 8.82. The molecule has 6 heteroatoms. The highest BCUT2D eigenvalue weighted by Crippen LogP contribution is 2.43. The first-order chi connectivity index (χ1) is 18.1. The largest absolute Gasteiger partial charge is 0.471 e. The minimum atomic E-state index is -5.10. The van der Waals surface area contributed by atoms with Crippen molar-refractivity contribution in [2.24, 2.45) is 5.92 Å². The number of alkyl halides is 3. The Morgan fingerprint density at radius 1 is 0.585 bits per heavy atom. The molecule has 0 saturated heterocycles. The van der Waals surface area contributed by atoms with Crippen molar-refractivity contribution in [1.29, 1.82) is 0 Å². The van der Waals surface area contributed by atoms with Crippen LogP contribution in [-0.2, 0) is 32.1 Å². The SMILES string of the molecule is CC(C)[C@H](NC(=O)C(F)(F)F)C(O)(c1cc(C(C)(C)C)cc(C(C)(C)C)c1)c1cc(C(C)(C)C)cc(C(C)(C)C)c1. The van der Waals surface area contributed by atoms with Crippen LogP contribution in [0, 0.1) is 5.92 Å². The van der Waals surface area contributed by atoms with E-state index in [4.69, 9.17) is 0 Å². The molecule has 2 aromatic rings. The van der Waals surface area contributed by atoms with Crippen LogP contribution >= 0.6 is 0 Å². The lowest BCUT2D eigenvalue weighted by molar-refractivity contribution is -0.176. The van der Waals surface area contributed by atoms with E-state index in [1.807, 2.05) is 24.3 Å². The Labute approximate surface area is 246 Å². The number of amides is 1. The quantitative estimate of drug-likeness (QED) is 0.374. The number of hydrogen-bond acceptors (Lipinski definition) is 2. The second-order valence-electron chi connectivity index (χ2n) is 16.1. The normalized spacial score (nSPS) is 14.8. The first-order valence-corrected chi connectivity index (χ1v) is 14.5. The number of halogens is 3. The standard InChI is InChI=1S/C35H52F3NO2/c1-21(2)28(39-29(40)35(36,37)38)34(41,26-17-22(30(3,4)5)15-23(18-26)31(6,7)8)27-19-24(32(9,10)11)16-25(20-27)33(12,13)14/h15-21,28,41H,1-14H3,(H,39,40)/t28-/m0/s1. The van der Waals surface area contributed by atoms with E-state index in [0.717, 1.165) is 22.3 Å². The monoisotopic (exact) mass is 575 g/mol. The van der Waals surface area contributed by atoms with E-state index < -0.39 is 29.6 Å². The maximum atomic E-state index is 13.7. The van der Waals surface area contributed by atoms with Crippen LogP contribution in [0.1, 0.15) is 130 Å². The number of rotatable bonds is 5. The zero-order valence-electron chi connectivity index (χ0n) is 27.6. The molecule has 1 amide bonds. The lowest BCUT2D eigenvalue weighted by atomic mass is 9.69. The summed E-state index contributed by atoms with van der Waals surface area (Å²) in [6, 6.07) is 10.5. The first-order valence-electron chi connectivity index (χ1n) is 14.5. The summed E-state index contributed by atoms with van der Waals surface area (Å²) >= 11 is 0. The Bertz CT molecular complexity index is 1110. The van der Waals surface area contributed by atoms with E-state index in [1.165, 1.54) is 0 Å². The van der Waals surface area contributed by atoms with Gasteiger partial charge in [0.15, 0.2) is 0 Å². The van der Waals surface area contributed by atoms with Crippen molar-refractivity contribution in [3.05, 3.63) is 69.8 Å². The zero-order valence-corrected chi connectivity index (χ0v) is 27.6. The molecule has 2 aromatic carbocycles. The van der Waals surface area contributed by atoms with Gasteiger partial charge in [-0.2, -0.15) is 13.2 Å². The molecule has 41 heavy (non-hydrogen) atoms. The maximum absolute atomic E-state index is 13.7. The smallest absolute Gasteiger partial charge is 0.378 e. The molecule has 0 aromatic heterocycles. The van der Waals surface area contributed by atoms with Crippen LogP contribution in [0.15, 0.2) is 36.4 Å². The van der Waals surface area contributed by atoms with Crippen molar-refractivity contribution < 1.29 is 23.1 Å². The van der Waals surface area contributed by atoms with Gasteiger partial charge in [-0.25, -0.2) is 0 Å². The number of benzene rings is 2. The number of aliphatic hydroxyl groups is 1. The number of hydrogen-bond donors (Lipinski definition) is 2. The third-order valence-electron chi connectivity index (χ3n) is 7.87. The minimum Gasteiger partial charge on any atom is -0.378 e. The van der Waals surface area contributed by atoms with Crippen molar-refractivity contribution in [3.8, 4) is 0 Å². The van der Waals surface area contributed by atoms with Crippen molar-refractivity contribution in [3.63, 3.8) is 0 Å². The lowest BCUT2D eigenvalue weighted by Crippen LogP contribution is -2.57. The highest BCUT2D eigenvalue weighted by molar-refractivity contribution is 5.82. The van der Waals surface area contributed by atoms with E-state index in [0.29, 0.717) is 11.1 Å². The highest BCUT2D eigenvalue weighted by Gasteiger charge is 2.48. The highest BCUT2D eigenvalue weighted by atomic mass is 19.4.